The molecule has 0 aliphatic rings. The van der Waals surface area contributed by atoms with Crippen molar-refractivity contribution in [2.24, 2.45) is 0 Å². The molecule has 2 heterocycles. The van der Waals surface area contributed by atoms with Gasteiger partial charge in [0.05, 0.1) is 5.69 Å². The number of nitrogens with zero attached hydrogens (tertiary/aromatic N) is 2. The average Bonchev–Trinajstić information content (AvgIpc) is 2.30. The minimum absolute atomic E-state index is 0.160. The van der Waals surface area contributed by atoms with Crippen LogP contribution in [0.4, 0.5) is 0 Å². The van der Waals surface area contributed by atoms with E-state index in [1.165, 1.54) is 0 Å². The normalized spacial score (nSPS) is 9.75. The zero-order valence-electron chi connectivity index (χ0n) is 8.69. The number of nitrogens with one attached hydrogen (secondary N) is 1. The number of aromatic amines is 1. The summed E-state index contributed by atoms with van der Waals surface area (Å²) in [6, 6.07) is 7.30. The second-order valence-electron chi connectivity index (χ2n) is 3.42. The molecule has 0 unspecified atom stereocenters. The van der Waals surface area contributed by atoms with Crippen LogP contribution in [-0.2, 0) is 0 Å². The molecule has 0 saturated carbocycles. The van der Waals surface area contributed by atoms with Crippen molar-refractivity contribution < 1.29 is 0 Å². The van der Waals surface area contributed by atoms with E-state index in [0.717, 1.165) is 5.56 Å². The molecule has 0 fully saturated rings. The first-order valence-corrected chi connectivity index (χ1v) is 4.77. The molecule has 0 bridgehead atoms. The van der Waals surface area contributed by atoms with Crippen LogP contribution in [0.15, 0.2) is 35.4 Å². The van der Waals surface area contributed by atoms with Gasteiger partial charge in [-0.15, -0.1) is 0 Å². The Morgan fingerprint density at radius 2 is 2.31 bits per heavy atom. The minimum atomic E-state index is -0.360. The molecule has 0 amide bonds. The van der Waals surface area contributed by atoms with Crippen LogP contribution in [0, 0.1) is 18.3 Å². The number of aromatic nitrogens is 2. The Labute approximate surface area is 92.2 Å². The highest BCUT2D eigenvalue weighted by Crippen LogP contribution is 2.15. The number of hydrogen-bond donors (Lipinski definition) is 1. The lowest BCUT2D eigenvalue weighted by molar-refractivity contribution is 1.18. The van der Waals surface area contributed by atoms with Gasteiger partial charge in [0.25, 0.3) is 5.56 Å². The summed E-state index contributed by atoms with van der Waals surface area (Å²) in [5.41, 5.74) is 1.97. The van der Waals surface area contributed by atoms with Crippen LogP contribution >= 0.6 is 0 Å². The van der Waals surface area contributed by atoms with E-state index in [2.05, 4.69) is 9.97 Å². The number of hydrogen-bond acceptors (Lipinski definition) is 3. The summed E-state index contributed by atoms with van der Waals surface area (Å²) in [7, 11) is 0. The molecule has 4 nitrogen and oxygen atoms in total. The standard InChI is InChI=1S/C12H9N3O/c1-8-5-11(9-3-2-4-14-7-9)15-12(16)10(8)6-13/h2-5,7H,1H3,(H,15,16). The van der Waals surface area contributed by atoms with Gasteiger partial charge in [-0.05, 0) is 30.7 Å². The lowest BCUT2D eigenvalue weighted by Gasteiger charge is -2.03. The van der Waals surface area contributed by atoms with Crippen molar-refractivity contribution in [3.63, 3.8) is 0 Å². The average molecular weight is 211 g/mol. The van der Waals surface area contributed by atoms with Gasteiger partial charge in [-0.3, -0.25) is 9.78 Å². The highest BCUT2D eigenvalue weighted by Gasteiger charge is 2.06. The Morgan fingerprint density at radius 3 is 2.88 bits per heavy atom. The largest absolute Gasteiger partial charge is 0.321 e. The number of pyridine rings is 2. The van der Waals surface area contributed by atoms with Crippen molar-refractivity contribution in [1.82, 2.24) is 9.97 Å². The Bertz CT molecular complexity index is 608. The highest BCUT2D eigenvalue weighted by molar-refractivity contribution is 5.59. The predicted molar refractivity (Wildman–Crippen MR) is 59.7 cm³/mol. The third-order valence-electron chi connectivity index (χ3n) is 2.31. The van der Waals surface area contributed by atoms with E-state index in [4.69, 9.17) is 5.26 Å². The van der Waals surface area contributed by atoms with E-state index >= 15 is 0 Å². The van der Waals surface area contributed by atoms with Crippen molar-refractivity contribution in [3.8, 4) is 17.3 Å². The van der Waals surface area contributed by atoms with E-state index in [9.17, 15) is 4.79 Å². The summed E-state index contributed by atoms with van der Waals surface area (Å²) in [6.45, 7) is 1.74. The van der Waals surface area contributed by atoms with Crippen LogP contribution in [-0.4, -0.2) is 9.97 Å². The van der Waals surface area contributed by atoms with Crippen LogP contribution in [0.1, 0.15) is 11.1 Å². The summed E-state index contributed by atoms with van der Waals surface area (Å²) < 4.78 is 0. The Kier molecular flexibility index (Phi) is 2.52. The molecule has 0 radical (unpaired) electrons. The lowest BCUT2D eigenvalue weighted by Crippen LogP contribution is -2.12. The summed E-state index contributed by atoms with van der Waals surface area (Å²) in [5.74, 6) is 0. The molecule has 78 valence electrons. The van der Waals surface area contributed by atoms with E-state index in [-0.39, 0.29) is 11.1 Å². The summed E-state index contributed by atoms with van der Waals surface area (Å²) in [4.78, 5) is 18.2. The smallest absolute Gasteiger partial charge is 0.266 e. The molecule has 16 heavy (non-hydrogen) atoms. The summed E-state index contributed by atoms with van der Waals surface area (Å²) in [6.07, 6.45) is 3.33. The van der Waals surface area contributed by atoms with E-state index < -0.39 is 0 Å². The Morgan fingerprint density at radius 1 is 1.50 bits per heavy atom. The third kappa shape index (κ3) is 1.71. The molecule has 0 spiro atoms. The number of rotatable bonds is 1. The maximum absolute atomic E-state index is 11.6. The number of nitriles is 1. The van der Waals surface area contributed by atoms with Crippen molar-refractivity contribution >= 4 is 0 Å². The second-order valence-corrected chi connectivity index (χ2v) is 3.42. The fraction of sp³-hybridized carbons (Fsp3) is 0.0833. The maximum Gasteiger partial charge on any atom is 0.266 e. The quantitative estimate of drug-likeness (QED) is 0.779. The minimum Gasteiger partial charge on any atom is -0.321 e. The number of H-pyrrole nitrogens is 1. The molecule has 0 aliphatic heterocycles. The molecular weight excluding hydrogens is 202 g/mol. The van der Waals surface area contributed by atoms with Crippen LogP contribution in [0.3, 0.4) is 0 Å². The van der Waals surface area contributed by atoms with Gasteiger partial charge >= 0.3 is 0 Å². The van der Waals surface area contributed by atoms with Crippen molar-refractivity contribution in [2.75, 3.05) is 0 Å². The Hall–Kier alpha value is -2.41. The monoisotopic (exact) mass is 211 g/mol. The third-order valence-corrected chi connectivity index (χ3v) is 2.31. The van der Waals surface area contributed by atoms with Crippen LogP contribution < -0.4 is 5.56 Å². The van der Waals surface area contributed by atoms with Gasteiger partial charge in [0.1, 0.15) is 11.6 Å². The van der Waals surface area contributed by atoms with Crippen molar-refractivity contribution in [1.29, 1.82) is 5.26 Å². The topological polar surface area (TPSA) is 69.5 Å². The van der Waals surface area contributed by atoms with Crippen molar-refractivity contribution in [3.05, 3.63) is 52.1 Å². The summed E-state index contributed by atoms with van der Waals surface area (Å²) >= 11 is 0. The summed E-state index contributed by atoms with van der Waals surface area (Å²) in [5, 5.41) is 8.78. The van der Waals surface area contributed by atoms with Gasteiger partial charge in [0, 0.05) is 18.0 Å². The second kappa shape index (κ2) is 3.99. The molecule has 2 aromatic rings. The van der Waals surface area contributed by atoms with E-state index in [0.29, 0.717) is 11.3 Å². The van der Waals surface area contributed by atoms with Crippen LogP contribution in [0.2, 0.25) is 0 Å². The first-order valence-electron chi connectivity index (χ1n) is 4.77. The molecule has 0 aliphatic carbocycles. The molecule has 2 aromatic heterocycles. The Balaban J connectivity index is 2.63. The lowest BCUT2D eigenvalue weighted by atomic mass is 10.1. The molecule has 4 heteroatoms. The number of aryl methyl sites for hydroxylation is 1. The molecular formula is C12H9N3O. The van der Waals surface area contributed by atoms with E-state index in [1.807, 2.05) is 12.1 Å². The van der Waals surface area contributed by atoms with E-state index in [1.54, 1.807) is 31.5 Å². The van der Waals surface area contributed by atoms with Gasteiger partial charge in [-0.1, -0.05) is 0 Å². The fourth-order valence-electron chi connectivity index (χ4n) is 1.51. The highest BCUT2D eigenvalue weighted by atomic mass is 16.1. The maximum atomic E-state index is 11.6. The van der Waals surface area contributed by atoms with Crippen molar-refractivity contribution in [2.45, 2.75) is 6.92 Å². The molecule has 0 saturated heterocycles. The van der Waals surface area contributed by atoms with Gasteiger partial charge in [0.2, 0.25) is 0 Å². The zero-order chi connectivity index (χ0) is 11.5. The van der Waals surface area contributed by atoms with Gasteiger partial charge in [-0.25, -0.2) is 0 Å². The predicted octanol–water partition coefficient (Wildman–Crippen LogP) is 1.62. The van der Waals surface area contributed by atoms with Gasteiger partial charge in [-0.2, -0.15) is 5.26 Å². The first-order chi connectivity index (χ1) is 7.72. The van der Waals surface area contributed by atoms with Gasteiger partial charge < -0.3 is 4.98 Å². The van der Waals surface area contributed by atoms with Crippen LogP contribution in [0.25, 0.3) is 11.3 Å². The SMILES string of the molecule is Cc1cc(-c2cccnc2)[nH]c(=O)c1C#N. The first kappa shape index (κ1) is 10.1. The molecule has 0 atom stereocenters. The zero-order valence-corrected chi connectivity index (χ0v) is 8.69. The van der Waals surface area contributed by atoms with Crippen LogP contribution in [0.5, 0.6) is 0 Å². The molecule has 2 rings (SSSR count). The molecule has 1 N–H and O–H groups in total. The molecule has 0 aromatic carbocycles. The van der Waals surface area contributed by atoms with Gasteiger partial charge in [0.15, 0.2) is 0 Å². The fourth-order valence-corrected chi connectivity index (χ4v) is 1.51.